The molecule has 1 aliphatic heterocycles. The lowest BCUT2D eigenvalue weighted by atomic mass is 10.2. The monoisotopic (exact) mass is 304 g/mol. The van der Waals surface area contributed by atoms with Gasteiger partial charge < -0.3 is 20.1 Å². The van der Waals surface area contributed by atoms with E-state index in [1.165, 1.54) is 0 Å². The summed E-state index contributed by atoms with van der Waals surface area (Å²) in [6.45, 7) is 8.39. The Hall–Kier alpha value is -0.460. The fourth-order valence-electron chi connectivity index (χ4n) is 2.02. The predicted molar refractivity (Wildman–Crippen MR) is 83.2 cm³/mol. The second kappa shape index (κ2) is 8.74. The van der Waals surface area contributed by atoms with Crippen molar-refractivity contribution in [2.45, 2.75) is 45.3 Å². The Kier molecular flexibility index (Phi) is 7.69. The van der Waals surface area contributed by atoms with Gasteiger partial charge >= 0.3 is 6.09 Å². The Morgan fingerprint density at radius 3 is 2.85 bits per heavy atom. The van der Waals surface area contributed by atoms with Gasteiger partial charge in [-0.25, -0.2) is 4.79 Å². The van der Waals surface area contributed by atoms with E-state index in [1.54, 1.807) is 4.90 Å². The fraction of sp³-hybridized carbons (Fsp3) is 0.929. The van der Waals surface area contributed by atoms with Gasteiger partial charge in [-0.3, -0.25) is 0 Å². The predicted octanol–water partition coefficient (Wildman–Crippen LogP) is 1.70. The van der Waals surface area contributed by atoms with Crippen molar-refractivity contribution in [3.05, 3.63) is 0 Å². The summed E-state index contributed by atoms with van der Waals surface area (Å²) in [5.41, 5.74) is -0.425. The van der Waals surface area contributed by atoms with Gasteiger partial charge in [0.2, 0.25) is 0 Å². The number of nitrogens with zero attached hydrogens (tertiary/aromatic N) is 1. The van der Waals surface area contributed by atoms with Gasteiger partial charge in [0.15, 0.2) is 0 Å². The first-order valence-electron chi connectivity index (χ1n) is 7.32. The number of rotatable bonds is 7. The summed E-state index contributed by atoms with van der Waals surface area (Å²) in [4.78, 5) is 13.7. The second-order valence-electron chi connectivity index (χ2n) is 6.06. The highest BCUT2D eigenvalue weighted by Gasteiger charge is 2.29. The average molecular weight is 304 g/mol. The van der Waals surface area contributed by atoms with Gasteiger partial charge in [0.05, 0.1) is 0 Å². The number of amides is 1. The zero-order chi connectivity index (χ0) is 15.0. The molecule has 1 fully saturated rings. The molecule has 118 valence electrons. The topological polar surface area (TPSA) is 61.8 Å². The molecule has 1 heterocycles. The van der Waals surface area contributed by atoms with Crippen molar-refractivity contribution < 1.29 is 14.6 Å². The fourth-order valence-corrected chi connectivity index (χ4v) is 2.82. The quantitative estimate of drug-likeness (QED) is 0.701. The molecule has 5 nitrogen and oxygen atoms in total. The van der Waals surface area contributed by atoms with Crippen LogP contribution in [0.2, 0.25) is 0 Å². The van der Waals surface area contributed by atoms with E-state index in [9.17, 15) is 4.79 Å². The van der Waals surface area contributed by atoms with E-state index in [4.69, 9.17) is 9.84 Å². The van der Waals surface area contributed by atoms with Crippen LogP contribution in [0.3, 0.4) is 0 Å². The molecule has 0 aromatic carbocycles. The highest BCUT2D eigenvalue weighted by atomic mass is 32.2. The summed E-state index contributed by atoms with van der Waals surface area (Å²) < 4.78 is 5.37. The summed E-state index contributed by atoms with van der Waals surface area (Å²) in [5.74, 6) is 2.05. The van der Waals surface area contributed by atoms with Crippen LogP contribution >= 0.6 is 11.8 Å². The summed E-state index contributed by atoms with van der Waals surface area (Å²) in [6, 6.07) is 0.376. The molecule has 0 saturated carbocycles. The van der Waals surface area contributed by atoms with E-state index >= 15 is 0 Å². The van der Waals surface area contributed by atoms with Gasteiger partial charge in [0, 0.05) is 38.0 Å². The maximum absolute atomic E-state index is 11.9. The molecule has 20 heavy (non-hydrogen) atoms. The van der Waals surface area contributed by atoms with E-state index in [2.05, 4.69) is 5.32 Å². The minimum Gasteiger partial charge on any atom is -0.444 e. The molecule has 2 N–H and O–H groups in total. The smallest absolute Gasteiger partial charge is 0.410 e. The van der Waals surface area contributed by atoms with Crippen molar-refractivity contribution in [1.29, 1.82) is 0 Å². The van der Waals surface area contributed by atoms with Crippen LogP contribution in [0.25, 0.3) is 0 Å². The first kappa shape index (κ1) is 17.6. The third kappa shape index (κ3) is 7.36. The lowest BCUT2D eigenvalue weighted by Crippen LogP contribution is -2.38. The minimum absolute atomic E-state index is 0.209. The van der Waals surface area contributed by atoms with Crippen LogP contribution in [-0.4, -0.2) is 65.5 Å². The van der Waals surface area contributed by atoms with Gasteiger partial charge in [0.1, 0.15) is 5.60 Å². The molecule has 0 aromatic rings. The Morgan fingerprint density at radius 2 is 2.20 bits per heavy atom. The minimum atomic E-state index is -0.425. The number of hydrogen-bond acceptors (Lipinski definition) is 5. The SMILES string of the molecule is CC(C)(C)OC(=O)N1CCC(NCCSCCCO)C1. The molecule has 1 aliphatic rings. The molecule has 0 radical (unpaired) electrons. The molecule has 1 rings (SSSR count). The zero-order valence-corrected chi connectivity index (χ0v) is 13.7. The third-order valence-electron chi connectivity index (χ3n) is 2.97. The Bertz CT molecular complexity index is 295. The second-order valence-corrected chi connectivity index (χ2v) is 7.28. The number of carbonyl (C=O) groups excluding carboxylic acids is 1. The summed E-state index contributed by atoms with van der Waals surface area (Å²) in [6.07, 6.45) is 1.64. The van der Waals surface area contributed by atoms with Crippen LogP contribution in [0.5, 0.6) is 0 Å². The number of hydrogen-bond donors (Lipinski definition) is 2. The molecule has 1 saturated heterocycles. The largest absolute Gasteiger partial charge is 0.444 e. The van der Waals surface area contributed by atoms with Crippen molar-refractivity contribution in [3.8, 4) is 0 Å². The summed E-state index contributed by atoms with van der Waals surface area (Å²) >= 11 is 1.85. The maximum Gasteiger partial charge on any atom is 0.410 e. The lowest BCUT2D eigenvalue weighted by molar-refractivity contribution is 0.0291. The summed E-state index contributed by atoms with van der Waals surface area (Å²) in [7, 11) is 0. The number of likely N-dealkylation sites (tertiary alicyclic amines) is 1. The van der Waals surface area contributed by atoms with Gasteiger partial charge in [-0.05, 0) is 39.4 Å². The zero-order valence-electron chi connectivity index (χ0n) is 12.9. The first-order valence-corrected chi connectivity index (χ1v) is 8.48. The molecule has 0 spiro atoms. The van der Waals surface area contributed by atoms with Gasteiger partial charge in [0.25, 0.3) is 0 Å². The molecule has 1 atom stereocenters. The van der Waals surface area contributed by atoms with E-state index in [0.29, 0.717) is 6.04 Å². The number of aliphatic hydroxyl groups is 1. The molecule has 1 unspecified atom stereocenters. The van der Waals surface area contributed by atoms with Gasteiger partial charge in [-0.2, -0.15) is 11.8 Å². The standard InChI is InChI=1S/C14H28N2O3S/c1-14(2,3)19-13(18)16-7-5-12(11-16)15-6-10-20-9-4-8-17/h12,15,17H,4-11H2,1-3H3. The maximum atomic E-state index is 11.9. The van der Waals surface area contributed by atoms with E-state index in [0.717, 1.165) is 44.0 Å². The number of thioether (sulfide) groups is 1. The Labute approximate surface area is 126 Å². The Balaban J connectivity index is 2.12. The number of ether oxygens (including phenoxy) is 1. The van der Waals surface area contributed by atoms with E-state index in [1.807, 2.05) is 32.5 Å². The summed E-state index contributed by atoms with van der Waals surface area (Å²) in [5, 5.41) is 12.2. The van der Waals surface area contributed by atoms with Crippen molar-refractivity contribution in [3.63, 3.8) is 0 Å². The van der Waals surface area contributed by atoms with Crippen molar-refractivity contribution in [2.24, 2.45) is 0 Å². The molecule has 6 heteroatoms. The molecule has 1 amide bonds. The number of carbonyl (C=O) groups is 1. The average Bonchev–Trinajstić information content (AvgIpc) is 2.80. The number of aliphatic hydroxyl groups excluding tert-OH is 1. The van der Waals surface area contributed by atoms with Crippen LogP contribution in [0.1, 0.15) is 33.6 Å². The van der Waals surface area contributed by atoms with Crippen LogP contribution < -0.4 is 5.32 Å². The molecule has 0 bridgehead atoms. The van der Waals surface area contributed by atoms with Crippen LogP contribution in [0.4, 0.5) is 4.79 Å². The third-order valence-corrected chi connectivity index (χ3v) is 4.04. The van der Waals surface area contributed by atoms with Crippen LogP contribution in [0.15, 0.2) is 0 Å². The van der Waals surface area contributed by atoms with Crippen molar-refractivity contribution >= 4 is 17.9 Å². The first-order chi connectivity index (χ1) is 9.42. The van der Waals surface area contributed by atoms with Crippen molar-refractivity contribution in [1.82, 2.24) is 10.2 Å². The molecule has 0 aromatic heterocycles. The normalized spacial score (nSPS) is 19.4. The highest BCUT2D eigenvalue weighted by molar-refractivity contribution is 7.99. The van der Waals surface area contributed by atoms with E-state index < -0.39 is 5.60 Å². The molecule has 0 aliphatic carbocycles. The Morgan fingerprint density at radius 1 is 1.45 bits per heavy atom. The van der Waals surface area contributed by atoms with Crippen LogP contribution in [-0.2, 0) is 4.74 Å². The van der Waals surface area contributed by atoms with Crippen LogP contribution in [0, 0.1) is 0 Å². The molecular formula is C14H28N2O3S. The van der Waals surface area contributed by atoms with E-state index in [-0.39, 0.29) is 12.7 Å². The van der Waals surface area contributed by atoms with Gasteiger partial charge in [-0.1, -0.05) is 0 Å². The lowest BCUT2D eigenvalue weighted by Gasteiger charge is -2.24. The highest BCUT2D eigenvalue weighted by Crippen LogP contribution is 2.15. The van der Waals surface area contributed by atoms with Gasteiger partial charge in [-0.15, -0.1) is 0 Å². The number of nitrogens with one attached hydrogen (secondary N) is 1. The van der Waals surface area contributed by atoms with Crippen molar-refractivity contribution in [2.75, 3.05) is 37.7 Å². The molecular weight excluding hydrogens is 276 g/mol.